The molecule has 3 aromatic carbocycles. The Hall–Kier alpha value is -3.65. The summed E-state index contributed by atoms with van der Waals surface area (Å²) in [5.74, 6) is 1.64. The van der Waals surface area contributed by atoms with Crippen LogP contribution in [0, 0.1) is 0 Å². The number of anilines is 1. The molecule has 0 saturated carbocycles. The highest BCUT2D eigenvalue weighted by atomic mass is 32.1. The van der Waals surface area contributed by atoms with Gasteiger partial charge in [0.25, 0.3) is 0 Å². The lowest BCUT2D eigenvalue weighted by Crippen LogP contribution is -2.30. The van der Waals surface area contributed by atoms with Crippen molar-refractivity contribution in [1.82, 2.24) is 0 Å². The van der Waals surface area contributed by atoms with Crippen molar-refractivity contribution in [2.45, 2.75) is 129 Å². The van der Waals surface area contributed by atoms with Gasteiger partial charge in [0.05, 0.1) is 26.2 Å². The van der Waals surface area contributed by atoms with E-state index in [1.54, 1.807) is 12.1 Å². The molecule has 3 aromatic rings. The highest BCUT2D eigenvalue weighted by Crippen LogP contribution is 2.43. The molecule has 0 saturated heterocycles. The monoisotopic (exact) mass is 720 g/mol. The van der Waals surface area contributed by atoms with Crippen LogP contribution in [0.15, 0.2) is 60.7 Å². The number of hydrogen-bond acceptors (Lipinski definition) is 7. The molecule has 0 bridgehead atoms. The van der Waals surface area contributed by atoms with E-state index in [0.717, 1.165) is 72.4 Å². The first kappa shape index (κ1) is 41.8. The molecule has 0 atom stereocenters. The van der Waals surface area contributed by atoms with Gasteiger partial charge in [-0.05, 0) is 82.3 Å². The third-order valence-electron chi connectivity index (χ3n) is 9.57. The normalized spacial score (nSPS) is 12.1. The first-order chi connectivity index (χ1) is 24.1. The van der Waals surface area contributed by atoms with E-state index in [9.17, 15) is 19.2 Å². The second-order valence-electron chi connectivity index (χ2n) is 16.0. The van der Waals surface area contributed by atoms with Gasteiger partial charge in [-0.15, -0.1) is 0 Å². The van der Waals surface area contributed by atoms with Crippen LogP contribution in [0.2, 0.25) is 0 Å². The second kappa shape index (κ2) is 19.8. The predicted octanol–water partition coefficient (Wildman–Crippen LogP) is 10.4. The third kappa shape index (κ3) is 13.4. The summed E-state index contributed by atoms with van der Waals surface area (Å²) in [6.07, 6.45) is 10.2. The molecule has 0 aliphatic rings. The Morgan fingerprint density at radius 3 is 1.61 bits per heavy atom. The Kier molecular flexibility index (Phi) is 16.2. The average molecular weight is 721 g/mol. The summed E-state index contributed by atoms with van der Waals surface area (Å²) < 4.78 is 22.1. The number of carbonyl (C=O) groups is 1. The molecule has 3 rings (SSSR count). The maximum atomic E-state index is 13.4. The number of hydrogen-bond donors (Lipinski definition) is 3. The van der Waals surface area contributed by atoms with Crippen LogP contribution in [0.3, 0.4) is 0 Å². The fourth-order valence-electron chi connectivity index (χ4n) is 6.39. The molecule has 0 unspecified atom stereocenters. The molecule has 280 valence electrons. The van der Waals surface area contributed by atoms with E-state index in [4.69, 9.17) is 9.47 Å². The summed E-state index contributed by atoms with van der Waals surface area (Å²) in [4.78, 5) is 13.4. The van der Waals surface area contributed by atoms with Crippen molar-refractivity contribution in [2.75, 3.05) is 30.8 Å². The molecule has 0 radical (unpaired) electrons. The van der Waals surface area contributed by atoms with E-state index in [1.807, 2.05) is 48.5 Å². The topological polar surface area (TPSA) is 105 Å². The van der Waals surface area contributed by atoms with Gasteiger partial charge in [0.1, 0.15) is 17.2 Å². The Bertz CT molecular complexity index is 1460. The van der Waals surface area contributed by atoms with Crippen LogP contribution >= 0.6 is 0 Å². The Morgan fingerprint density at radius 1 is 0.667 bits per heavy atom. The number of unbranched alkanes of at least 4 members (excludes halogenated alkanes) is 8. The van der Waals surface area contributed by atoms with Gasteiger partial charge in [0.2, 0.25) is 5.75 Å². The van der Waals surface area contributed by atoms with Gasteiger partial charge in [0.15, 0.2) is 0 Å². The number of nitrogens with one attached hydrogen (secondary N) is 1. The van der Waals surface area contributed by atoms with Gasteiger partial charge in [-0.25, -0.2) is 0 Å². The lowest BCUT2D eigenvalue weighted by molar-refractivity contribution is -0.144. The van der Waals surface area contributed by atoms with Crippen LogP contribution in [-0.4, -0.2) is 41.7 Å². The van der Waals surface area contributed by atoms with Crippen LogP contribution in [0.5, 0.6) is 17.2 Å². The smallest absolute Gasteiger partial charge is 0.460 e. The molecule has 0 aliphatic carbocycles. The van der Waals surface area contributed by atoms with Crippen LogP contribution < -0.4 is 10.1 Å². The lowest BCUT2D eigenvalue weighted by atomic mass is 9.70. The minimum Gasteiger partial charge on any atom is -0.508 e. The van der Waals surface area contributed by atoms with Gasteiger partial charge in [0, 0.05) is 15.3 Å². The van der Waals surface area contributed by atoms with Crippen LogP contribution in [0.25, 0.3) is 0 Å². The maximum absolute atomic E-state index is 13.4. The Labute approximate surface area is 311 Å². The highest BCUT2D eigenvalue weighted by Gasteiger charge is 2.35. The number of rotatable bonds is 21. The maximum Gasteiger partial charge on any atom is 0.460 e. The molecule has 7 nitrogen and oxygen atoms in total. The highest BCUT2D eigenvalue weighted by molar-refractivity contribution is 7.65. The molecular formula is C43H62NO6S+. The van der Waals surface area contributed by atoms with Crippen LogP contribution in [0.1, 0.15) is 135 Å². The molecule has 0 amide bonds. The van der Waals surface area contributed by atoms with E-state index in [-0.39, 0.29) is 34.7 Å². The fraction of sp³-hybridized carbons (Fsp3) is 0.558. The lowest BCUT2D eigenvalue weighted by Gasteiger charge is -2.33. The Morgan fingerprint density at radius 2 is 1.14 bits per heavy atom. The summed E-state index contributed by atoms with van der Waals surface area (Å²) in [6, 6.07) is 19.2. The number of phenols is 2. The van der Waals surface area contributed by atoms with Gasteiger partial charge in [-0.1, -0.05) is 118 Å². The summed E-state index contributed by atoms with van der Waals surface area (Å²) >= 11 is 0.590. The van der Waals surface area contributed by atoms with Crippen molar-refractivity contribution in [3.8, 4) is 17.2 Å². The molecule has 51 heavy (non-hydrogen) atoms. The van der Waals surface area contributed by atoms with Gasteiger partial charge in [-0.3, -0.25) is 4.79 Å². The summed E-state index contributed by atoms with van der Waals surface area (Å²) in [7, 11) is 0. The fourth-order valence-corrected chi connectivity index (χ4v) is 6.58. The van der Waals surface area contributed by atoms with Gasteiger partial charge < -0.3 is 25.0 Å². The molecule has 0 aromatic heterocycles. The molecule has 0 spiro atoms. The first-order valence-electron chi connectivity index (χ1n) is 18.7. The van der Waals surface area contributed by atoms with E-state index in [1.165, 1.54) is 25.7 Å². The molecule has 3 N–H and O–H groups in total. The summed E-state index contributed by atoms with van der Waals surface area (Å²) in [5, 5.41) is 24.6. The number of ether oxygens (including phenoxy) is 2. The zero-order chi connectivity index (χ0) is 37.5. The van der Waals surface area contributed by atoms with Crippen LogP contribution in [0.4, 0.5) is 5.69 Å². The number of aromatic hydroxyl groups is 2. The van der Waals surface area contributed by atoms with E-state index in [2.05, 4.69) is 53.8 Å². The summed E-state index contributed by atoms with van der Waals surface area (Å²) in [6.45, 7) is 16.2. The zero-order valence-corrected chi connectivity index (χ0v) is 32.9. The Balaban J connectivity index is 1.40. The third-order valence-corrected chi connectivity index (χ3v) is 9.94. The van der Waals surface area contributed by atoms with Crippen molar-refractivity contribution < 1.29 is 28.7 Å². The molecule has 8 heteroatoms. The predicted molar refractivity (Wildman–Crippen MR) is 211 cm³/mol. The van der Waals surface area contributed by atoms with E-state index >= 15 is 0 Å². The minimum atomic E-state index is -0.729. The van der Waals surface area contributed by atoms with E-state index in [0.29, 0.717) is 30.6 Å². The molecule has 0 aliphatic heterocycles. The van der Waals surface area contributed by atoms with Gasteiger partial charge in [-0.2, -0.15) is 0 Å². The van der Waals surface area contributed by atoms with Crippen molar-refractivity contribution in [3.63, 3.8) is 0 Å². The second-order valence-corrected chi connectivity index (χ2v) is 16.6. The van der Waals surface area contributed by atoms with Crippen molar-refractivity contribution in [1.29, 1.82) is 0 Å². The molecule has 0 fully saturated rings. The van der Waals surface area contributed by atoms with Crippen molar-refractivity contribution in [3.05, 3.63) is 82.9 Å². The SMILES string of the molecule is CC(C)(C)c1cc(C(C)(CC(=O)OCCCCCCCCCCCOc2ccc(NCC[S+]=O)cc2)c2ccc(O)c(C(C)(C)C)c2)ccc1O. The van der Waals surface area contributed by atoms with E-state index < -0.39 is 5.41 Å². The number of esters is 1. The number of phenolic OH excluding ortho intramolecular Hbond substituents is 2. The molecular weight excluding hydrogens is 659 g/mol. The first-order valence-corrected chi connectivity index (χ1v) is 19.6. The van der Waals surface area contributed by atoms with Crippen LogP contribution in [-0.2, 0) is 41.7 Å². The quantitative estimate of drug-likeness (QED) is 0.0571. The van der Waals surface area contributed by atoms with Gasteiger partial charge >= 0.3 is 17.6 Å². The number of carbonyl (C=O) groups excluding carboxylic acids is 1. The van der Waals surface area contributed by atoms with Crippen molar-refractivity contribution in [2.24, 2.45) is 0 Å². The standard InChI is InChI=1S/C43H61NO6S/c1-41(2,3)36-29-32(17-23-38(36)45)43(7,33-18-24-39(46)37(30-33)42(4,5)6)31-40(47)50-27-16-14-12-10-8-9-11-13-15-26-49-35-21-19-34(20-22-35)44-25-28-51-48/h17-24,29-30,44H,8-16,25-28,31H2,1-7H3,(H-,45,46)/p+1. The molecule has 0 heterocycles. The number of benzene rings is 3. The largest absolute Gasteiger partial charge is 0.508 e. The zero-order valence-electron chi connectivity index (χ0n) is 32.1. The average Bonchev–Trinajstić information content (AvgIpc) is 3.06. The minimum absolute atomic E-state index is 0.147. The van der Waals surface area contributed by atoms with Crippen molar-refractivity contribution >= 4 is 23.3 Å². The summed E-state index contributed by atoms with van der Waals surface area (Å²) in [5.41, 5.74) is 3.20.